The van der Waals surface area contributed by atoms with Crippen LogP contribution in [0.3, 0.4) is 0 Å². The van der Waals surface area contributed by atoms with Crippen molar-refractivity contribution in [1.82, 2.24) is 9.55 Å². The van der Waals surface area contributed by atoms with Crippen molar-refractivity contribution in [2.45, 2.75) is 26.8 Å². The SMILES string of the molecule is CC(C)COCCCn1cnc2cc(C(=O)O)ccc21. The molecule has 0 radical (unpaired) electrons. The lowest BCUT2D eigenvalue weighted by Crippen LogP contribution is -2.06. The Labute approximate surface area is 118 Å². The summed E-state index contributed by atoms with van der Waals surface area (Å²) in [4.78, 5) is 15.1. The number of carboxylic acids is 1. The Bertz CT molecular complexity index is 590. The number of benzene rings is 1. The topological polar surface area (TPSA) is 64.4 Å². The van der Waals surface area contributed by atoms with Gasteiger partial charge in [0.2, 0.25) is 0 Å². The van der Waals surface area contributed by atoms with Gasteiger partial charge in [-0.1, -0.05) is 13.8 Å². The summed E-state index contributed by atoms with van der Waals surface area (Å²) in [6.45, 7) is 6.59. The highest BCUT2D eigenvalue weighted by atomic mass is 16.5. The molecule has 0 unspecified atom stereocenters. The van der Waals surface area contributed by atoms with Gasteiger partial charge in [-0.25, -0.2) is 9.78 Å². The van der Waals surface area contributed by atoms with E-state index >= 15 is 0 Å². The smallest absolute Gasteiger partial charge is 0.335 e. The molecular weight excluding hydrogens is 256 g/mol. The maximum atomic E-state index is 10.9. The predicted octanol–water partition coefficient (Wildman–Crippen LogP) is 2.80. The van der Waals surface area contributed by atoms with Gasteiger partial charge < -0.3 is 14.4 Å². The van der Waals surface area contributed by atoms with E-state index in [1.807, 2.05) is 4.57 Å². The molecule has 20 heavy (non-hydrogen) atoms. The second-order valence-electron chi connectivity index (χ2n) is 5.27. The molecule has 1 aromatic carbocycles. The van der Waals surface area contributed by atoms with Gasteiger partial charge >= 0.3 is 5.97 Å². The Morgan fingerprint density at radius 1 is 1.45 bits per heavy atom. The number of imidazole rings is 1. The molecule has 0 aliphatic heterocycles. The summed E-state index contributed by atoms with van der Waals surface area (Å²) in [5.41, 5.74) is 1.94. The first-order valence-corrected chi connectivity index (χ1v) is 6.84. The summed E-state index contributed by atoms with van der Waals surface area (Å²) >= 11 is 0. The van der Waals surface area contributed by atoms with Crippen LogP contribution in [0.25, 0.3) is 11.0 Å². The fourth-order valence-corrected chi connectivity index (χ4v) is 2.03. The monoisotopic (exact) mass is 276 g/mol. The average molecular weight is 276 g/mol. The van der Waals surface area contributed by atoms with Gasteiger partial charge in [-0.15, -0.1) is 0 Å². The molecule has 1 heterocycles. The van der Waals surface area contributed by atoms with Crippen LogP contribution >= 0.6 is 0 Å². The molecule has 0 saturated heterocycles. The van der Waals surface area contributed by atoms with Gasteiger partial charge in [-0.05, 0) is 30.5 Å². The standard InChI is InChI=1S/C15H20N2O3/c1-11(2)9-20-7-3-6-17-10-16-13-8-12(15(18)19)4-5-14(13)17/h4-5,8,10-11H,3,6-7,9H2,1-2H3,(H,18,19). The molecule has 0 saturated carbocycles. The zero-order chi connectivity index (χ0) is 14.5. The van der Waals surface area contributed by atoms with E-state index in [9.17, 15) is 4.79 Å². The van der Waals surface area contributed by atoms with E-state index in [2.05, 4.69) is 18.8 Å². The number of rotatable bonds is 7. The van der Waals surface area contributed by atoms with Crippen molar-refractivity contribution < 1.29 is 14.6 Å². The third kappa shape index (κ3) is 3.57. The van der Waals surface area contributed by atoms with E-state index in [0.29, 0.717) is 11.4 Å². The zero-order valence-electron chi connectivity index (χ0n) is 11.9. The Kier molecular flexibility index (Phi) is 4.74. The summed E-state index contributed by atoms with van der Waals surface area (Å²) in [6, 6.07) is 5.02. The lowest BCUT2D eigenvalue weighted by molar-refractivity contribution is 0.0697. The first kappa shape index (κ1) is 14.5. The normalized spacial score (nSPS) is 11.3. The molecule has 0 aliphatic carbocycles. The number of nitrogens with zero attached hydrogens (tertiary/aromatic N) is 2. The summed E-state index contributed by atoms with van der Waals surface area (Å²) in [5.74, 6) is -0.373. The molecule has 108 valence electrons. The number of carbonyl (C=O) groups is 1. The number of hydrogen-bond acceptors (Lipinski definition) is 3. The molecule has 1 N–H and O–H groups in total. The summed E-state index contributed by atoms with van der Waals surface area (Å²) < 4.78 is 7.57. The van der Waals surface area contributed by atoms with E-state index in [1.165, 1.54) is 0 Å². The Morgan fingerprint density at radius 2 is 2.25 bits per heavy atom. The maximum absolute atomic E-state index is 10.9. The molecule has 0 fully saturated rings. The van der Waals surface area contributed by atoms with Crippen molar-refractivity contribution in [3.05, 3.63) is 30.1 Å². The second-order valence-corrected chi connectivity index (χ2v) is 5.27. The zero-order valence-corrected chi connectivity index (χ0v) is 11.9. The van der Waals surface area contributed by atoms with Gasteiger partial charge in [0.25, 0.3) is 0 Å². The number of hydrogen-bond donors (Lipinski definition) is 1. The molecule has 5 nitrogen and oxygen atoms in total. The Morgan fingerprint density at radius 3 is 2.95 bits per heavy atom. The van der Waals surface area contributed by atoms with Gasteiger partial charge in [0.15, 0.2) is 0 Å². The van der Waals surface area contributed by atoms with Crippen LogP contribution in [0, 0.1) is 5.92 Å². The molecule has 0 spiro atoms. The molecule has 5 heteroatoms. The third-order valence-electron chi connectivity index (χ3n) is 3.01. The van der Waals surface area contributed by atoms with E-state index in [1.54, 1.807) is 24.5 Å². The van der Waals surface area contributed by atoms with Crippen molar-refractivity contribution in [2.24, 2.45) is 5.92 Å². The molecule has 0 aliphatic rings. The van der Waals surface area contributed by atoms with Gasteiger partial charge in [-0.3, -0.25) is 0 Å². The van der Waals surface area contributed by atoms with Crippen molar-refractivity contribution in [3.63, 3.8) is 0 Å². The number of aromatic carboxylic acids is 1. The quantitative estimate of drug-likeness (QED) is 0.790. The van der Waals surface area contributed by atoms with Crippen molar-refractivity contribution in [2.75, 3.05) is 13.2 Å². The first-order chi connectivity index (χ1) is 9.58. The highest BCUT2D eigenvalue weighted by Crippen LogP contribution is 2.15. The van der Waals surface area contributed by atoms with Crippen LogP contribution in [0.15, 0.2) is 24.5 Å². The van der Waals surface area contributed by atoms with Crippen LogP contribution in [-0.4, -0.2) is 33.8 Å². The van der Waals surface area contributed by atoms with Gasteiger partial charge in [0, 0.05) is 19.8 Å². The largest absolute Gasteiger partial charge is 0.478 e. The molecule has 0 amide bonds. The fourth-order valence-electron chi connectivity index (χ4n) is 2.03. The van der Waals surface area contributed by atoms with E-state index in [0.717, 1.165) is 31.7 Å². The number of aryl methyl sites for hydroxylation is 1. The number of carboxylic acid groups (broad SMARTS) is 1. The molecule has 1 aromatic heterocycles. The van der Waals surface area contributed by atoms with Crippen molar-refractivity contribution >= 4 is 17.0 Å². The molecule has 2 rings (SSSR count). The van der Waals surface area contributed by atoms with Crippen LogP contribution in [0.2, 0.25) is 0 Å². The van der Waals surface area contributed by atoms with Gasteiger partial charge in [-0.2, -0.15) is 0 Å². The summed E-state index contributed by atoms with van der Waals surface area (Å²) in [7, 11) is 0. The number of fused-ring (bicyclic) bond motifs is 1. The number of aromatic nitrogens is 2. The third-order valence-corrected chi connectivity index (χ3v) is 3.01. The fraction of sp³-hybridized carbons (Fsp3) is 0.467. The Balaban J connectivity index is 1.96. The summed E-state index contributed by atoms with van der Waals surface area (Å²) in [6.07, 6.45) is 2.66. The highest BCUT2D eigenvalue weighted by Gasteiger charge is 2.07. The minimum absolute atomic E-state index is 0.267. The lowest BCUT2D eigenvalue weighted by atomic mass is 10.2. The van der Waals surface area contributed by atoms with Crippen LogP contribution in [-0.2, 0) is 11.3 Å². The summed E-state index contributed by atoms with van der Waals surface area (Å²) in [5, 5.41) is 8.95. The van der Waals surface area contributed by atoms with Crippen LogP contribution in [0.4, 0.5) is 0 Å². The van der Waals surface area contributed by atoms with E-state index < -0.39 is 5.97 Å². The minimum Gasteiger partial charge on any atom is -0.478 e. The van der Waals surface area contributed by atoms with Crippen molar-refractivity contribution in [3.8, 4) is 0 Å². The molecular formula is C15H20N2O3. The van der Waals surface area contributed by atoms with Gasteiger partial charge in [0.1, 0.15) is 0 Å². The number of ether oxygens (including phenoxy) is 1. The van der Waals surface area contributed by atoms with Crippen molar-refractivity contribution in [1.29, 1.82) is 0 Å². The molecule has 0 bridgehead atoms. The Hall–Kier alpha value is -1.88. The lowest BCUT2D eigenvalue weighted by Gasteiger charge is -2.07. The minimum atomic E-state index is -0.927. The van der Waals surface area contributed by atoms with Crippen LogP contribution < -0.4 is 0 Å². The van der Waals surface area contributed by atoms with E-state index in [-0.39, 0.29) is 5.56 Å². The van der Waals surface area contributed by atoms with Crippen LogP contribution in [0.5, 0.6) is 0 Å². The first-order valence-electron chi connectivity index (χ1n) is 6.84. The highest BCUT2D eigenvalue weighted by molar-refractivity contribution is 5.92. The average Bonchev–Trinajstić information content (AvgIpc) is 2.80. The van der Waals surface area contributed by atoms with E-state index in [4.69, 9.17) is 9.84 Å². The molecule has 0 atom stereocenters. The van der Waals surface area contributed by atoms with Crippen LogP contribution in [0.1, 0.15) is 30.6 Å². The van der Waals surface area contributed by atoms with Gasteiger partial charge in [0.05, 0.1) is 22.9 Å². The molecule has 2 aromatic rings. The maximum Gasteiger partial charge on any atom is 0.335 e. The predicted molar refractivity (Wildman–Crippen MR) is 77.0 cm³/mol. The second kappa shape index (κ2) is 6.52.